The topological polar surface area (TPSA) is 67.3 Å². The fourth-order valence-corrected chi connectivity index (χ4v) is 11.2. The van der Waals surface area contributed by atoms with Gasteiger partial charge in [-0.1, -0.05) is 59.7 Å². The van der Waals surface area contributed by atoms with Gasteiger partial charge in [0.2, 0.25) is 0 Å². The Labute approximate surface area is 511 Å². The minimum absolute atomic E-state index is 0. The Hall–Kier alpha value is -8.07. The number of nitrogens with zero attached hydrogens (tertiary/aromatic N) is 9. The molecule has 6 heterocycles. The fraction of sp³-hybridized carbons (Fsp3) is 0.143. The second-order valence-corrected chi connectivity index (χ2v) is 20.4. The molecule has 0 saturated heterocycles. The van der Waals surface area contributed by atoms with Gasteiger partial charge in [0, 0.05) is 93.0 Å². The van der Waals surface area contributed by atoms with Crippen LogP contribution in [-0.4, -0.2) is 28.0 Å². The minimum atomic E-state index is 0. The molecule has 3 aliphatic heterocycles. The predicted octanol–water partition coefficient (Wildman–Crippen LogP) is 16.6. The number of hydrogen-bond donors (Lipinski definition) is 0. The van der Waals surface area contributed by atoms with Crippen molar-refractivity contribution in [1.82, 2.24) is 15.0 Å². The third kappa shape index (κ3) is 12.0. The zero-order chi connectivity index (χ0) is 54.7. The first-order valence-electron chi connectivity index (χ1n) is 27.1. The normalized spacial score (nSPS) is 13.0. The van der Waals surface area contributed by atoms with Gasteiger partial charge in [-0.2, -0.15) is 86.1 Å². The van der Waals surface area contributed by atoms with Crippen molar-refractivity contribution in [3.63, 3.8) is 0 Å². The van der Waals surface area contributed by atoms with Gasteiger partial charge in [-0.15, -0.1) is 71.0 Å². The standard InChI is InChI=1S/C41H34N4O.C29H25N5.Ir.Pt/c1-26-17-28(3)40(29(4)18-26)32-21-33(23-35(22-32)46-34-14-16-43-37(24-34)36-11-9-10-15-42-36)44-25-45(39-13-8-7-12-38(39)44)41-30(5)19-27(2)20-31(41)6;1-3-12-24(13-4-1)33-22-31(26-16-7-8-17-27(26)33)20-9-10-21-32-23-34(25-14-5-2-6-15-25)29-28(32)18-11-19-30-29;;/h7-10,12-22,25H,1-6H3;1-8,11-12,14,16-19,22-23H,9-10,20-21H2;;/q2*-4;;. The SMILES string of the molecule is Cc1cc(C)c(-c2cc(Oc3[c-]c(-c4[c-]cccn4)ncc3)[c-]c(N3[CH-]N(c4c(C)cc(C)cc4C)c4ccccc43)c2)c(C)c1.[Ir].[Pt].[c-]1ccccc1N1[CH-]N(CCCCN2[CH-]N(c3[c-]cccc3)c3ncccc32)c2ccccc21. The number of rotatable bonds is 13. The fourth-order valence-electron chi connectivity index (χ4n) is 11.2. The predicted molar refractivity (Wildman–Crippen MR) is 324 cm³/mol. The number of aromatic nitrogens is 3. The van der Waals surface area contributed by atoms with Gasteiger partial charge in [0.25, 0.3) is 0 Å². The van der Waals surface area contributed by atoms with Gasteiger partial charge in [0.05, 0.1) is 0 Å². The number of ether oxygens (including phenoxy) is 1. The number of pyridine rings is 3. The minimum Gasteiger partial charge on any atom is -0.510 e. The van der Waals surface area contributed by atoms with Crippen LogP contribution in [-0.2, 0) is 41.2 Å². The van der Waals surface area contributed by atoms with Crippen molar-refractivity contribution in [3.8, 4) is 34.0 Å². The van der Waals surface area contributed by atoms with Crippen molar-refractivity contribution in [3.05, 3.63) is 266 Å². The summed E-state index contributed by atoms with van der Waals surface area (Å²) in [7, 11) is 0. The molecule has 417 valence electrons. The summed E-state index contributed by atoms with van der Waals surface area (Å²) in [6, 6.07) is 72.6. The van der Waals surface area contributed by atoms with Crippen molar-refractivity contribution in [1.29, 1.82) is 0 Å². The molecule has 0 spiro atoms. The third-order valence-corrected chi connectivity index (χ3v) is 14.5. The van der Waals surface area contributed by atoms with Crippen molar-refractivity contribution in [2.24, 2.45) is 0 Å². The Bertz CT molecular complexity index is 3680. The molecule has 0 aliphatic carbocycles. The molecule has 0 fully saturated rings. The summed E-state index contributed by atoms with van der Waals surface area (Å²) in [5.41, 5.74) is 20.7. The third-order valence-electron chi connectivity index (χ3n) is 14.5. The smallest absolute Gasteiger partial charge is 0.124 e. The van der Waals surface area contributed by atoms with Crippen molar-refractivity contribution < 1.29 is 45.9 Å². The summed E-state index contributed by atoms with van der Waals surface area (Å²) in [6.45, 7) is 21.4. The summed E-state index contributed by atoms with van der Waals surface area (Å²) in [6.07, 6.45) is 7.42. The van der Waals surface area contributed by atoms with E-state index in [0.29, 0.717) is 22.9 Å². The van der Waals surface area contributed by atoms with Crippen LogP contribution in [0.1, 0.15) is 46.2 Å². The number of aryl methyl sites for hydroxylation is 6. The maximum absolute atomic E-state index is 6.51. The van der Waals surface area contributed by atoms with Crippen LogP contribution in [0.15, 0.2) is 182 Å². The number of hydrogen-bond acceptors (Lipinski definition) is 10. The molecule has 0 unspecified atom stereocenters. The van der Waals surface area contributed by atoms with E-state index in [0.717, 1.165) is 71.4 Å². The quantitative estimate of drug-likeness (QED) is 0.0824. The molecular weight excluding hydrogens is 1370 g/mol. The average molecular weight is 1430 g/mol. The molecule has 12 heteroatoms. The van der Waals surface area contributed by atoms with Crippen LogP contribution in [0.5, 0.6) is 11.5 Å². The Kier molecular flexibility index (Phi) is 17.7. The molecular formula is C70H59IrN9OPt-8. The van der Waals surface area contributed by atoms with Gasteiger partial charge in [0.1, 0.15) is 5.82 Å². The second-order valence-electron chi connectivity index (χ2n) is 20.4. The van der Waals surface area contributed by atoms with Crippen molar-refractivity contribution in [2.45, 2.75) is 54.4 Å². The Morgan fingerprint density at radius 2 is 0.976 bits per heavy atom. The average Bonchev–Trinajstić information content (AvgIpc) is 3.86. The summed E-state index contributed by atoms with van der Waals surface area (Å²) < 4.78 is 6.51. The molecule has 7 aromatic carbocycles. The van der Waals surface area contributed by atoms with E-state index in [1.165, 1.54) is 56.0 Å². The van der Waals surface area contributed by atoms with Gasteiger partial charge in [0.15, 0.2) is 0 Å². The molecule has 10 nitrogen and oxygen atoms in total. The van der Waals surface area contributed by atoms with Gasteiger partial charge >= 0.3 is 0 Å². The summed E-state index contributed by atoms with van der Waals surface area (Å²) in [4.78, 5) is 27.0. The van der Waals surface area contributed by atoms with Gasteiger partial charge in [-0.25, -0.2) is 11.1 Å². The number of unbranched alkanes of at least 4 members (excludes halogenated alkanes) is 1. The molecule has 0 atom stereocenters. The van der Waals surface area contributed by atoms with E-state index in [-0.39, 0.29) is 41.2 Å². The number of fused-ring (bicyclic) bond motifs is 3. The van der Waals surface area contributed by atoms with Crippen LogP contribution < -0.4 is 34.1 Å². The van der Waals surface area contributed by atoms with E-state index in [1.54, 1.807) is 18.5 Å². The first-order chi connectivity index (χ1) is 39.1. The summed E-state index contributed by atoms with van der Waals surface area (Å²) in [5, 5.41) is 0. The second kappa shape index (κ2) is 25.4. The molecule has 82 heavy (non-hydrogen) atoms. The van der Waals surface area contributed by atoms with Gasteiger partial charge in [-0.3, -0.25) is 0 Å². The van der Waals surface area contributed by atoms with E-state index in [4.69, 9.17) is 4.74 Å². The molecule has 3 aliphatic rings. The molecule has 1 radical (unpaired) electrons. The first-order valence-corrected chi connectivity index (χ1v) is 27.1. The summed E-state index contributed by atoms with van der Waals surface area (Å²) in [5.74, 6) is 2.07. The first kappa shape index (κ1) is 57.2. The van der Waals surface area contributed by atoms with Crippen LogP contribution in [0, 0.1) is 91.9 Å². The van der Waals surface area contributed by atoms with Crippen LogP contribution in [0.4, 0.5) is 57.0 Å². The Balaban J connectivity index is 0.000000187. The Morgan fingerprint density at radius 1 is 0.439 bits per heavy atom. The Morgan fingerprint density at radius 3 is 1.62 bits per heavy atom. The zero-order valence-corrected chi connectivity index (χ0v) is 51.1. The van der Waals surface area contributed by atoms with E-state index in [2.05, 4.69) is 245 Å². The van der Waals surface area contributed by atoms with Crippen LogP contribution in [0.2, 0.25) is 0 Å². The van der Waals surface area contributed by atoms with Gasteiger partial charge < -0.3 is 44.1 Å². The molecule has 0 amide bonds. The molecule has 10 aromatic rings. The van der Waals surface area contributed by atoms with Crippen LogP contribution in [0.25, 0.3) is 22.5 Å². The monoisotopic (exact) mass is 1430 g/mol. The number of benzene rings is 7. The molecule has 0 bridgehead atoms. The maximum atomic E-state index is 6.51. The summed E-state index contributed by atoms with van der Waals surface area (Å²) >= 11 is 0. The number of anilines is 10. The maximum Gasteiger partial charge on any atom is 0.124 e. The molecule has 0 N–H and O–H groups in total. The van der Waals surface area contributed by atoms with Crippen molar-refractivity contribution in [2.75, 3.05) is 42.5 Å². The van der Waals surface area contributed by atoms with Crippen LogP contribution >= 0.6 is 0 Å². The van der Waals surface area contributed by atoms with E-state index >= 15 is 0 Å². The van der Waals surface area contributed by atoms with Crippen molar-refractivity contribution >= 4 is 57.0 Å². The zero-order valence-electron chi connectivity index (χ0n) is 46.5. The largest absolute Gasteiger partial charge is 0.510 e. The van der Waals surface area contributed by atoms with Gasteiger partial charge in [-0.05, 0) is 144 Å². The number of para-hydroxylation sites is 6. The molecule has 3 aromatic heterocycles. The van der Waals surface area contributed by atoms with E-state index in [1.807, 2.05) is 54.7 Å². The molecule has 13 rings (SSSR count). The van der Waals surface area contributed by atoms with Crippen LogP contribution in [0.3, 0.4) is 0 Å². The molecule has 0 saturated carbocycles. The van der Waals surface area contributed by atoms with E-state index in [9.17, 15) is 0 Å². The van der Waals surface area contributed by atoms with E-state index < -0.39 is 0 Å².